The zero-order valence-electron chi connectivity index (χ0n) is 8.79. The summed E-state index contributed by atoms with van der Waals surface area (Å²) in [5, 5.41) is 11.3. The summed E-state index contributed by atoms with van der Waals surface area (Å²) >= 11 is 0. The second-order valence-corrected chi connectivity index (χ2v) is 3.24. The van der Waals surface area contributed by atoms with E-state index >= 15 is 0 Å². The van der Waals surface area contributed by atoms with Crippen LogP contribution in [-0.2, 0) is 0 Å². The number of pyridine rings is 2. The maximum absolute atomic E-state index is 11.8. The summed E-state index contributed by atoms with van der Waals surface area (Å²) in [5.74, 6) is -0.282. The molecule has 5 nitrogen and oxygen atoms in total. The molecule has 17 heavy (non-hydrogen) atoms. The average Bonchev–Trinajstić information content (AvgIpc) is 2.40. The van der Waals surface area contributed by atoms with Gasteiger partial charge in [0.15, 0.2) is 0 Å². The van der Waals surface area contributed by atoms with E-state index in [1.54, 1.807) is 30.6 Å². The maximum atomic E-state index is 11.8. The second kappa shape index (κ2) is 4.86. The van der Waals surface area contributed by atoms with Gasteiger partial charge >= 0.3 is 0 Å². The summed E-state index contributed by atoms with van der Waals surface area (Å²) in [6, 6.07) is 8.41. The number of nitrogens with zero attached hydrogens (tertiary/aromatic N) is 3. The fourth-order valence-electron chi connectivity index (χ4n) is 1.23. The minimum absolute atomic E-state index is 0.280. The van der Waals surface area contributed by atoms with E-state index < -0.39 is 0 Å². The Kier molecular flexibility index (Phi) is 3.08. The van der Waals surface area contributed by atoms with Crippen molar-refractivity contribution < 1.29 is 4.79 Å². The molecule has 0 spiro atoms. The first-order valence-corrected chi connectivity index (χ1v) is 4.87. The smallest absolute Gasteiger partial charge is 0.257 e. The lowest BCUT2D eigenvalue weighted by atomic mass is 10.2. The third-order valence-corrected chi connectivity index (χ3v) is 2.06. The molecular formula is C12H8N4O. The van der Waals surface area contributed by atoms with Gasteiger partial charge in [-0.1, -0.05) is 0 Å². The van der Waals surface area contributed by atoms with E-state index in [0.29, 0.717) is 11.3 Å². The molecule has 0 unspecified atom stereocenters. The topological polar surface area (TPSA) is 78.7 Å². The quantitative estimate of drug-likeness (QED) is 0.840. The molecule has 0 saturated heterocycles. The molecule has 1 amide bonds. The summed E-state index contributed by atoms with van der Waals surface area (Å²) in [6.45, 7) is 0. The van der Waals surface area contributed by atoms with Gasteiger partial charge in [0, 0.05) is 12.4 Å². The lowest BCUT2D eigenvalue weighted by Crippen LogP contribution is -2.12. The van der Waals surface area contributed by atoms with E-state index in [9.17, 15) is 4.79 Å². The number of anilines is 1. The van der Waals surface area contributed by atoms with Crippen molar-refractivity contribution in [1.29, 1.82) is 5.26 Å². The van der Waals surface area contributed by atoms with E-state index in [0.717, 1.165) is 0 Å². The molecule has 2 aromatic heterocycles. The highest BCUT2D eigenvalue weighted by atomic mass is 16.1. The van der Waals surface area contributed by atoms with Crippen molar-refractivity contribution in [2.24, 2.45) is 0 Å². The van der Waals surface area contributed by atoms with Crippen molar-refractivity contribution in [3.63, 3.8) is 0 Å². The van der Waals surface area contributed by atoms with Gasteiger partial charge in [0.05, 0.1) is 17.4 Å². The lowest BCUT2D eigenvalue weighted by molar-refractivity contribution is 0.102. The molecule has 0 radical (unpaired) electrons. The molecule has 5 heteroatoms. The van der Waals surface area contributed by atoms with Gasteiger partial charge in [-0.2, -0.15) is 5.26 Å². The number of nitriles is 1. The number of hydrogen-bond donors (Lipinski definition) is 1. The summed E-state index contributed by atoms with van der Waals surface area (Å²) in [4.78, 5) is 19.5. The molecule has 0 aliphatic rings. The number of carbonyl (C=O) groups excluding carboxylic acids is 1. The Morgan fingerprint density at radius 3 is 2.76 bits per heavy atom. The number of amides is 1. The van der Waals surface area contributed by atoms with Crippen LogP contribution in [0.1, 0.15) is 16.1 Å². The van der Waals surface area contributed by atoms with Gasteiger partial charge < -0.3 is 5.32 Å². The molecule has 2 rings (SSSR count). The fourth-order valence-corrected chi connectivity index (χ4v) is 1.23. The summed E-state index contributed by atoms with van der Waals surface area (Å²) < 4.78 is 0. The van der Waals surface area contributed by atoms with E-state index in [2.05, 4.69) is 15.3 Å². The lowest BCUT2D eigenvalue weighted by Gasteiger charge is -2.03. The van der Waals surface area contributed by atoms with Crippen molar-refractivity contribution in [2.45, 2.75) is 0 Å². The van der Waals surface area contributed by atoms with Crippen LogP contribution >= 0.6 is 0 Å². The molecule has 0 aliphatic carbocycles. The Labute approximate surface area is 97.8 Å². The molecule has 0 aliphatic heterocycles. The fraction of sp³-hybridized carbons (Fsp3) is 0. The Hall–Kier alpha value is -2.74. The molecule has 0 aromatic carbocycles. The molecule has 2 aromatic rings. The SMILES string of the molecule is N#Cc1ccc(C(=O)Nc2cccnc2)cn1. The van der Waals surface area contributed by atoms with E-state index in [4.69, 9.17) is 5.26 Å². The number of carbonyl (C=O) groups is 1. The Balaban J connectivity index is 2.13. The van der Waals surface area contributed by atoms with Crippen LogP contribution in [-0.4, -0.2) is 15.9 Å². The van der Waals surface area contributed by atoms with E-state index in [-0.39, 0.29) is 11.6 Å². The van der Waals surface area contributed by atoms with Gasteiger partial charge in [0.1, 0.15) is 11.8 Å². The van der Waals surface area contributed by atoms with Crippen LogP contribution in [0.3, 0.4) is 0 Å². The predicted molar refractivity (Wildman–Crippen MR) is 61.1 cm³/mol. The van der Waals surface area contributed by atoms with Gasteiger partial charge in [-0.25, -0.2) is 4.98 Å². The van der Waals surface area contributed by atoms with Crippen LogP contribution in [0, 0.1) is 11.3 Å². The highest BCUT2D eigenvalue weighted by Gasteiger charge is 2.06. The van der Waals surface area contributed by atoms with Crippen LogP contribution in [0.4, 0.5) is 5.69 Å². The van der Waals surface area contributed by atoms with Crippen molar-refractivity contribution in [3.8, 4) is 6.07 Å². The summed E-state index contributed by atoms with van der Waals surface area (Å²) in [7, 11) is 0. The predicted octanol–water partition coefficient (Wildman–Crippen LogP) is 1.60. The van der Waals surface area contributed by atoms with Crippen molar-refractivity contribution in [1.82, 2.24) is 9.97 Å². The zero-order chi connectivity index (χ0) is 12.1. The molecule has 2 heterocycles. The third kappa shape index (κ3) is 2.63. The number of rotatable bonds is 2. The molecule has 0 atom stereocenters. The minimum Gasteiger partial charge on any atom is -0.321 e. The Morgan fingerprint density at radius 1 is 1.29 bits per heavy atom. The van der Waals surface area contributed by atoms with Crippen molar-refractivity contribution >= 4 is 11.6 Å². The van der Waals surface area contributed by atoms with Crippen molar-refractivity contribution in [2.75, 3.05) is 5.32 Å². The minimum atomic E-state index is -0.282. The molecule has 0 saturated carbocycles. The van der Waals surface area contributed by atoms with Crippen LogP contribution in [0.2, 0.25) is 0 Å². The third-order valence-electron chi connectivity index (χ3n) is 2.06. The summed E-state index contributed by atoms with van der Waals surface area (Å²) in [6.07, 6.45) is 4.54. The first kappa shape index (κ1) is 10.8. The number of nitrogens with one attached hydrogen (secondary N) is 1. The van der Waals surface area contributed by atoms with Gasteiger partial charge in [0.2, 0.25) is 0 Å². The Bertz CT molecular complexity index is 557. The van der Waals surface area contributed by atoms with E-state index in [1.165, 1.54) is 12.3 Å². The molecule has 0 bridgehead atoms. The largest absolute Gasteiger partial charge is 0.321 e. The number of hydrogen-bond acceptors (Lipinski definition) is 4. The number of aromatic nitrogens is 2. The van der Waals surface area contributed by atoms with Gasteiger partial charge in [0.25, 0.3) is 5.91 Å². The van der Waals surface area contributed by atoms with Crippen molar-refractivity contribution in [3.05, 3.63) is 54.1 Å². The van der Waals surface area contributed by atoms with Crippen LogP contribution in [0.15, 0.2) is 42.9 Å². The molecule has 1 N–H and O–H groups in total. The normalized spacial score (nSPS) is 9.35. The first-order valence-electron chi connectivity index (χ1n) is 4.87. The first-order chi connectivity index (χ1) is 8.29. The summed E-state index contributed by atoms with van der Waals surface area (Å²) in [5.41, 5.74) is 1.29. The van der Waals surface area contributed by atoms with Gasteiger partial charge in [-0.05, 0) is 24.3 Å². The van der Waals surface area contributed by atoms with E-state index in [1.807, 2.05) is 6.07 Å². The monoisotopic (exact) mass is 224 g/mol. The van der Waals surface area contributed by atoms with Gasteiger partial charge in [-0.3, -0.25) is 9.78 Å². The van der Waals surface area contributed by atoms with Crippen LogP contribution in [0.5, 0.6) is 0 Å². The maximum Gasteiger partial charge on any atom is 0.257 e. The highest BCUT2D eigenvalue weighted by Crippen LogP contribution is 2.06. The Morgan fingerprint density at radius 2 is 2.18 bits per heavy atom. The van der Waals surface area contributed by atoms with Gasteiger partial charge in [-0.15, -0.1) is 0 Å². The van der Waals surface area contributed by atoms with Crippen LogP contribution < -0.4 is 5.32 Å². The second-order valence-electron chi connectivity index (χ2n) is 3.24. The zero-order valence-corrected chi connectivity index (χ0v) is 8.79. The molecular weight excluding hydrogens is 216 g/mol. The molecule has 82 valence electrons. The van der Waals surface area contributed by atoms with Crippen LogP contribution in [0.25, 0.3) is 0 Å². The highest BCUT2D eigenvalue weighted by molar-refractivity contribution is 6.03. The average molecular weight is 224 g/mol. The molecule has 0 fully saturated rings. The standard InChI is InChI=1S/C12H8N4O/c13-6-10-4-3-9(7-15-10)12(17)16-11-2-1-5-14-8-11/h1-5,7-8H,(H,16,17).